The standard InChI is InChI=1S/C19H27N5O/c1-3-20-19(22-14-17-9-11-23-24(17)2)21-13-16-10-12-25-18(16)15-7-5-4-6-8-15/h4-9,11,16,18H,3,10,12-14H2,1-2H3,(H2,20,21,22). The Morgan fingerprint density at radius 1 is 1.28 bits per heavy atom. The van der Waals surface area contributed by atoms with E-state index >= 15 is 0 Å². The van der Waals surface area contributed by atoms with E-state index in [2.05, 4.69) is 51.9 Å². The first kappa shape index (κ1) is 17.5. The van der Waals surface area contributed by atoms with Crippen LogP contribution in [-0.2, 0) is 18.3 Å². The van der Waals surface area contributed by atoms with Crippen LogP contribution >= 0.6 is 0 Å². The Morgan fingerprint density at radius 2 is 2.12 bits per heavy atom. The fourth-order valence-electron chi connectivity index (χ4n) is 3.14. The molecular formula is C19H27N5O. The van der Waals surface area contributed by atoms with Gasteiger partial charge >= 0.3 is 0 Å². The molecule has 1 aliphatic rings. The maximum atomic E-state index is 5.97. The normalized spacial score (nSPS) is 20.6. The van der Waals surface area contributed by atoms with Gasteiger partial charge in [0.25, 0.3) is 0 Å². The molecule has 2 atom stereocenters. The molecule has 6 nitrogen and oxygen atoms in total. The lowest BCUT2D eigenvalue weighted by atomic mass is 9.95. The summed E-state index contributed by atoms with van der Waals surface area (Å²) in [5.41, 5.74) is 2.34. The van der Waals surface area contributed by atoms with Gasteiger partial charge in [0.05, 0.1) is 18.3 Å². The third-order valence-corrected chi connectivity index (χ3v) is 4.54. The highest BCUT2D eigenvalue weighted by Crippen LogP contribution is 2.33. The van der Waals surface area contributed by atoms with Gasteiger partial charge in [0.15, 0.2) is 5.96 Å². The monoisotopic (exact) mass is 341 g/mol. The van der Waals surface area contributed by atoms with Gasteiger partial charge in [-0.05, 0) is 25.0 Å². The number of aromatic nitrogens is 2. The largest absolute Gasteiger partial charge is 0.373 e. The molecule has 2 aromatic rings. The van der Waals surface area contributed by atoms with E-state index in [1.165, 1.54) is 5.56 Å². The summed E-state index contributed by atoms with van der Waals surface area (Å²) in [6, 6.07) is 12.5. The van der Waals surface area contributed by atoms with Gasteiger partial charge < -0.3 is 15.4 Å². The lowest BCUT2D eigenvalue weighted by Gasteiger charge is -2.20. The zero-order valence-corrected chi connectivity index (χ0v) is 15.0. The molecule has 0 radical (unpaired) electrons. The number of nitrogens with zero attached hydrogens (tertiary/aromatic N) is 3. The van der Waals surface area contributed by atoms with Gasteiger partial charge in [0.2, 0.25) is 0 Å². The van der Waals surface area contributed by atoms with Crippen molar-refractivity contribution in [1.29, 1.82) is 0 Å². The van der Waals surface area contributed by atoms with Gasteiger partial charge in [0.1, 0.15) is 0 Å². The average molecular weight is 341 g/mol. The third kappa shape index (κ3) is 4.60. The smallest absolute Gasteiger partial charge is 0.191 e. The maximum absolute atomic E-state index is 5.97. The average Bonchev–Trinajstić information content (AvgIpc) is 3.27. The molecule has 25 heavy (non-hydrogen) atoms. The number of ether oxygens (including phenoxy) is 1. The van der Waals surface area contributed by atoms with E-state index in [0.29, 0.717) is 12.5 Å². The van der Waals surface area contributed by atoms with E-state index < -0.39 is 0 Å². The Hall–Kier alpha value is -2.34. The summed E-state index contributed by atoms with van der Waals surface area (Å²) in [4.78, 5) is 4.67. The second-order valence-electron chi connectivity index (χ2n) is 6.27. The molecule has 2 heterocycles. The van der Waals surface area contributed by atoms with E-state index in [9.17, 15) is 0 Å². The van der Waals surface area contributed by atoms with Gasteiger partial charge in [-0.15, -0.1) is 0 Å². The van der Waals surface area contributed by atoms with E-state index in [4.69, 9.17) is 4.74 Å². The van der Waals surface area contributed by atoms with E-state index in [-0.39, 0.29) is 6.10 Å². The molecule has 0 amide bonds. The van der Waals surface area contributed by atoms with Crippen LogP contribution in [0.25, 0.3) is 0 Å². The van der Waals surface area contributed by atoms with Crippen molar-refractivity contribution in [2.75, 3.05) is 19.7 Å². The van der Waals surface area contributed by atoms with Crippen LogP contribution in [0.2, 0.25) is 0 Å². The summed E-state index contributed by atoms with van der Waals surface area (Å²) in [5.74, 6) is 1.28. The Bertz CT molecular complexity index is 682. The second kappa shape index (κ2) is 8.67. The Kier molecular flexibility index (Phi) is 6.06. The summed E-state index contributed by atoms with van der Waals surface area (Å²) in [7, 11) is 1.94. The molecule has 6 heteroatoms. The number of aryl methyl sites for hydroxylation is 1. The zero-order valence-electron chi connectivity index (χ0n) is 15.0. The fraction of sp³-hybridized carbons (Fsp3) is 0.474. The van der Waals surface area contributed by atoms with Crippen molar-refractivity contribution in [3.05, 3.63) is 53.9 Å². The van der Waals surface area contributed by atoms with Crippen molar-refractivity contribution in [2.45, 2.75) is 26.0 Å². The molecule has 1 aliphatic heterocycles. The van der Waals surface area contributed by atoms with Gasteiger partial charge in [-0.1, -0.05) is 30.3 Å². The highest BCUT2D eigenvalue weighted by molar-refractivity contribution is 5.79. The van der Waals surface area contributed by atoms with Crippen molar-refractivity contribution in [3.63, 3.8) is 0 Å². The van der Waals surface area contributed by atoms with Crippen molar-refractivity contribution in [1.82, 2.24) is 20.4 Å². The Morgan fingerprint density at radius 3 is 2.84 bits per heavy atom. The predicted molar refractivity (Wildman–Crippen MR) is 99.3 cm³/mol. The zero-order chi connectivity index (χ0) is 17.5. The maximum Gasteiger partial charge on any atom is 0.191 e. The summed E-state index contributed by atoms with van der Waals surface area (Å²) < 4.78 is 7.82. The molecule has 0 saturated carbocycles. The first-order valence-electron chi connectivity index (χ1n) is 8.93. The molecule has 134 valence electrons. The third-order valence-electron chi connectivity index (χ3n) is 4.54. The van der Waals surface area contributed by atoms with Crippen LogP contribution < -0.4 is 10.6 Å². The summed E-state index contributed by atoms with van der Waals surface area (Å²) >= 11 is 0. The van der Waals surface area contributed by atoms with Gasteiger partial charge in [-0.3, -0.25) is 4.68 Å². The molecule has 1 fully saturated rings. The molecule has 1 aromatic heterocycles. The van der Waals surface area contributed by atoms with Crippen molar-refractivity contribution in [3.8, 4) is 0 Å². The number of benzene rings is 1. The first-order valence-corrected chi connectivity index (χ1v) is 8.93. The van der Waals surface area contributed by atoms with Crippen LogP contribution in [0.15, 0.2) is 47.6 Å². The minimum absolute atomic E-state index is 0.161. The number of rotatable bonds is 6. The van der Waals surface area contributed by atoms with Crippen LogP contribution in [0.5, 0.6) is 0 Å². The van der Waals surface area contributed by atoms with Gasteiger partial charge in [-0.2, -0.15) is 5.10 Å². The molecule has 3 rings (SSSR count). The molecule has 0 spiro atoms. The van der Waals surface area contributed by atoms with Crippen molar-refractivity contribution >= 4 is 5.96 Å². The van der Waals surface area contributed by atoms with E-state index in [0.717, 1.165) is 37.8 Å². The minimum atomic E-state index is 0.161. The lowest BCUT2D eigenvalue weighted by Crippen LogP contribution is -2.40. The van der Waals surface area contributed by atoms with E-state index in [1.807, 2.05) is 23.9 Å². The number of nitrogens with one attached hydrogen (secondary N) is 2. The van der Waals surface area contributed by atoms with Crippen LogP contribution in [-0.4, -0.2) is 35.4 Å². The highest BCUT2D eigenvalue weighted by Gasteiger charge is 2.29. The Labute approximate surface area is 149 Å². The molecule has 2 N–H and O–H groups in total. The van der Waals surface area contributed by atoms with Gasteiger partial charge in [-0.25, -0.2) is 4.99 Å². The van der Waals surface area contributed by atoms with Crippen molar-refractivity contribution in [2.24, 2.45) is 18.0 Å². The van der Waals surface area contributed by atoms with Crippen molar-refractivity contribution < 1.29 is 4.74 Å². The molecule has 0 bridgehead atoms. The summed E-state index contributed by atoms with van der Waals surface area (Å²) in [6.07, 6.45) is 3.02. The SMILES string of the molecule is CCNC(=NCc1ccnn1C)NCC1CCOC1c1ccccc1. The van der Waals surface area contributed by atoms with Crippen LogP contribution in [0.1, 0.15) is 30.7 Å². The fourth-order valence-corrected chi connectivity index (χ4v) is 3.14. The minimum Gasteiger partial charge on any atom is -0.373 e. The number of aliphatic imine (C=N–C) groups is 1. The number of hydrogen-bond acceptors (Lipinski definition) is 3. The molecule has 0 aliphatic carbocycles. The number of hydrogen-bond donors (Lipinski definition) is 2. The summed E-state index contributed by atoms with van der Waals surface area (Å²) in [5, 5.41) is 11.0. The Balaban J connectivity index is 1.60. The van der Waals surface area contributed by atoms with E-state index in [1.54, 1.807) is 6.20 Å². The predicted octanol–water partition coefficient (Wildman–Crippen LogP) is 2.25. The van der Waals surface area contributed by atoms with Crippen LogP contribution in [0, 0.1) is 5.92 Å². The topological polar surface area (TPSA) is 63.5 Å². The van der Waals surface area contributed by atoms with Crippen LogP contribution in [0.3, 0.4) is 0 Å². The second-order valence-corrected chi connectivity index (χ2v) is 6.27. The van der Waals surface area contributed by atoms with Gasteiger partial charge in [0, 0.05) is 38.9 Å². The summed E-state index contributed by atoms with van der Waals surface area (Å²) in [6.45, 7) is 5.17. The lowest BCUT2D eigenvalue weighted by molar-refractivity contribution is 0.0915. The molecule has 1 saturated heterocycles. The van der Waals surface area contributed by atoms with Crippen LogP contribution in [0.4, 0.5) is 0 Å². The molecule has 2 unspecified atom stereocenters. The quantitative estimate of drug-likeness (QED) is 0.625. The highest BCUT2D eigenvalue weighted by atomic mass is 16.5. The first-order chi connectivity index (χ1) is 12.3. The molecule has 1 aromatic carbocycles. The number of guanidine groups is 1. The molecular weight excluding hydrogens is 314 g/mol.